The van der Waals surface area contributed by atoms with Crippen LogP contribution in [0.5, 0.6) is 0 Å². The lowest BCUT2D eigenvalue weighted by Gasteiger charge is -2.17. The van der Waals surface area contributed by atoms with Crippen molar-refractivity contribution in [2.24, 2.45) is 0 Å². The number of imidazole rings is 1. The predicted octanol–water partition coefficient (Wildman–Crippen LogP) is 13.4. The van der Waals surface area contributed by atoms with Crippen LogP contribution in [0, 0.1) is 0 Å². The molecule has 0 atom stereocenters. The number of hydrogen-bond donors (Lipinski definition) is 0. The molecule has 1 aliphatic heterocycles. The van der Waals surface area contributed by atoms with Gasteiger partial charge in [0.1, 0.15) is 11.3 Å². The van der Waals surface area contributed by atoms with Crippen molar-refractivity contribution < 1.29 is 0 Å². The highest BCUT2D eigenvalue weighted by molar-refractivity contribution is 6.09. The first-order valence-electron chi connectivity index (χ1n) is 20.4. The zero-order valence-corrected chi connectivity index (χ0v) is 32.5. The van der Waals surface area contributed by atoms with Crippen molar-refractivity contribution >= 4 is 39.2 Å². The molecule has 0 saturated carbocycles. The summed E-state index contributed by atoms with van der Waals surface area (Å²) in [5, 5.41) is 2.22. The van der Waals surface area contributed by atoms with Gasteiger partial charge in [0, 0.05) is 34.0 Å². The quantitative estimate of drug-likeness (QED) is 0.162. The van der Waals surface area contributed by atoms with Crippen molar-refractivity contribution in [1.82, 2.24) is 24.5 Å². The van der Waals surface area contributed by atoms with E-state index in [4.69, 9.17) is 19.9 Å². The van der Waals surface area contributed by atoms with Crippen molar-refractivity contribution in [3.8, 4) is 56.2 Å². The molecule has 4 heterocycles. The Kier molecular flexibility index (Phi) is 8.70. The first-order chi connectivity index (χ1) is 29.2. The van der Waals surface area contributed by atoms with Gasteiger partial charge in [0.2, 0.25) is 0 Å². The number of allylic oxidation sites excluding steroid dienone is 5. The average Bonchev–Trinajstić information content (AvgIpc) is 3.71. The second-order valence-corrected chi connectivity index (χ2v) is 15.3. The Morgan fingerprint density at radius 2 is 1.02 bits per heavy atom. The van der Waals surface area contributed by atoms with Crippen molar-refractivity contribution in [1.29, 1.82) is 0 Å². The fraction of sp³-hybridized carbons (Fsp3) is 0.0741. The van der Waals surface area contributed by atoms with Crippen LogP contribution in [-0.4, -0.2) is 24.5 Å². The zero-order valence-electron chi connectivity index (χ0n) is 32.5. The highest BCUT2D eigenvalue weighted by Crippen LogP contribution is 2.37. The summed E-state index contributed by atoms with van der Waals surface area (Å²) < 4.78 is 2.25. The molecule has 280 valence electrons. The SMILES string of the molecule is C1=Cc2nc3c4ccccc4c(-c4cccc(-c5cccc(-c6nc(C7=CC=C(c8ccccc8)CC7)cc(-c7ccc(-c8ccccc8)cc7)n6)c5)c4)nc3n2CC1. The third kappa shape index (κ3) is 6.57. The molecule has 11 rings (SSSR count). The summed E-state index contributed by atoms with van der Waals surface area (Å²) in [7, 11) is 0. The van der Waals surface area contributed by atoms with Gasteiger partial charge in [-0.05, 0) is 82.5 Å². The highest BCUT2D eigenvalue weighted by atomic mass is 15.1. The van der Waals surface area contributed by atoms with Gasteiger partial charge in [-0.25, -0.2) is 19.9 Å². The van der Waals surface area contributed by atoms with Crippen LogP contribution in [-0.2, 0) is 6.54 Å². The minimum absolute atomic E-state index is 0.707. The number of fused-ring (bicyclic) bond motifs is 5. The van der Waals surface area contributed by atoms with Crippen LogP contribution >= 0.6 is 0 Å². The molecule has 3 aromatic heterocycles. The second-order valence-electron chi connectivity index (χ2n) is 15.3. The molecule has 0 spiro atoms. The summed E-state index contributed by atoms with van der Waals surface area (Å²) in [5.41, 5.74) is 16.2. The molecule has 0 radical (unpaired) electrons. The molecule has 0 fully saturated rings. The fourth-order valence-electron chi connectivity index (χ4n) is 8.56. The van der Waals surface area contributed by atoms with E-state index < -0.39 is 0 Å². The molecule has 5 nitrogen and oxygen atoms in total. The maximum atomic E-state index is 5.32. The van der Waals surface area contributed by atoms with E-state index in [0.717, 1.165) is 98.5 Å². The van der Waals surface area contributed by atoms with E-state index in [2.05, 4.69) is 193 Å². The van der Waals surface area contributed by atoms with Crippen molar-refractivity contribution in [3.05, 3.63) is 199 Å². The van der Waals surface area contributed by atoms with E-state index >= 15 is 0 Å². The summed E-state index contributed by atoms with van der Waals surface area (Å²) >= 11 is 0. The van der Waals surface area contributed by atoms with Gasteiger partial charge < -0.3 is 4.57 Å². The van der Waals surface area contributed by atoms with Crippen LogP contribution in [0.25, 0.3) is 95.3 Å². The molecule has 59 heavy (non-hydrogen) atoms. The molecular weight excluding hydrogens is 719 g/mol. The molecule has 0 bridgehead atoms. The lowest BCUT2D eigenvalue weighted by atomic mass is 9.91. The molecule has 2 aliphatic rings. The topological polar surface area (TPSA) is 56.5 Å². The molecule has 0 saturated heterocycles. The van der Waals surface area contributed by atoms with Crippen LogP contribution in [0.4, 0.5) is 0 Å². The number of aromatic nitrogens is 5. The minimum Gasteiger partial charge on any atom is -0.309 e. The number of pyridine rings is 1. The number of nitrogens with zero attached hydrogens (tertiary/aromatic N) is 5. The molecule has 0 unspecified atom stereocenters. The lowest BCUT2D eigenvalue weighted by Crippen LogP contribution is -2.04. The summed E-state index contributed by atoms with van der Waals surface area (Å²) in [5.74, 6) is 1.68. The zero-order chi connectivity index (χ0) is 39.1. The number of rotatable bonds is 7. The Labute approximate surface area is 343 Å². The third-order valence-electron chi connectivity index (χ3n) is 11.6. The highest BCUT2D eigenvalue weighted by Gasteiger charge is 2.20. The molecule has 1 aliphatic carbocycles. The van der Waals surface area contributed by atoms with Crippen LogP contribution < -0.4 is 0 Å². The van der Waals surface area contributed by atoms with Crippen molar-refractivity contribution in [2.45, 2.75) is 25.8 Å². The van der Waals surface area contributed by atoms with Crippen LogP contribution in [0.1, 0.15) is 36.3 Å². The lowest BCUT2D eigenvalue weighted by molar-refractivity contribution is 0.704. The van der Waals surface area contributed by atoms with Gasteiger partial charge in [-0.2, -0.15) is 0 Å². The average molecular weight is 758 g/mol. The van der Waals surface area contributed by atoms with Crippen molar-refractivity contribution in [3.63, 3.8) is 0 Å². The van der Waals surface area contributed by atoms with E-state index in [0.29, 0.717) is 5.82 Å². The smallest absolute Gasteiger partial charge is 0.161 e. The Bertz CT molecular complexity index is 3140. The minimum atomic E-state index is 0.707. The standard InChI is InChI=1S/C54H39N5/c1-3-13-36(14-4-1)38-24-28-40(29-25-38)48-35-49(41-30-26-39(27-31-41)37-15-5-2-6-16-37)56-53(55-48)45-20-12-18-43(34-45)42-17-11-19-44(33-42)51-46-21-7-8-22-47(46)52-54(58-51)59-32-10-9-23-50(59)57-52/h1-9,11-26,28-30,33-35H,10,27,31-32H2. The van der Waals surface area contributed by atoms with Gasteiger partial charge >= 0.3 is 0 Å². The summed E-state index contributed by atoms with van der Waals surface area (Å²) in [6, 6.07) is 57.9. The van der Waals surface area contributed by atoms with E-state index in [1.165, 1.54) is 27.8 Å². The van der Waals surface area contributed by atoms with Crippen molar-refractivity contribution in [2.75, 3.05) is 0 Å². The van der Waals surface area contributed by atoms with E-state index in [1.807, 2.05) is 0 Å². The van der Waals surface area contributed by atoms with E-state index in [1.54, 1.807) is 0 Å². The van der Waals surface area contributed by atoms with E-state index in [-0.39, 0.29) is 0 Å². The molecular formula is C54H39N5. The van der Waals surface area contributed by atoms with Gasteiger partial charge in [-0.3, -0.25) is 0 Å². The molecule has 0 amide bonds. The van der Waals surface area contributed by atoms with Gasteiger partial charge in [0.25, 0.3) is 0 Å². The van der Waals surface area contributed by atoms with Gasteiger partial charge in [0.05, 0.1) is 17.1 Å². The molecule has 5 heteroatoms. The Morgan fingerprint density at radius 3 is 1.78 bits per heavy atom. The Balaban J connectivity index is 0.993. The van der Waals surface area contributed by atoms with Crippen LogP contribution in [0.3, 0.4) is 0 Å². The normalized spacial score (nSPS) is 13.6. The summed E-state index contributed by atoms with van der Waals surface area (Å²) in [6.07, 6.45) is 11.7. The first kappa shape index (κ1) is 34.7. The summed E-state index contributed by atoms with van der Waals surface area (Å²) in [6.45, 7) is 0.882. The second kappa shape index (κ2) is 14.8. The van der Waals surface area contributed by atoms with Gasteiger partial charge in [-0.15, -0.1) is 0 Å². The fourth-order valence-corrected chi connectivity index (χ4v) is 8.56. The molecule has 9 aromatic rings. The third-order valence-corrected chi connectivity index (χ3v) is 11.6. The Hall–Kier alpha value is -7.50. The largest absolute Gasteiger partial charge is 0.309 e. The van der Waals surface area contributed by atoms with Gasteiger partial charge in [0.15, 0.2) is 11.5 Å². The number of hydrogen-bond acceptors (Lipinski definition) is 4. The maximum Gasteiger partial charge on any atom is 0.161 e. The maximum absolute atomic E-state index is 5.32. The number of aryl methyl sites for hydroxylation is 1. The van der Waals surface area contributed by atoms with E-state index in [9.17, 15) is 0 Å². The Morgan fingerprint density at radius 1 is 0.424 bits per heavy atom. The molecule has 6 aromatic carbocycles. The predicted molar refractivity (Wildman–Crippen MR) is 243 cm³/mol. The monoisotopic (exact) mass is 757 g/mol. The summed E-state index contributed by atoms with van der Waals surface area (Å²) in [4.78, 5) is 20.9. The van der Waals surface area contributed by atoms with Gasteiger partial charge in [-0.1, -0.05) is 164 Å². The van der Waals surface area contributed by atoms with Crippen LogP contribution in [0.2, 0.25) is 0 Å². The molecule has 0 N–H and O–H groups in total. The number of benzene rings is 6. The van der Waals surface area contributed by atoms with Crippen LogP contribution in [0.15, 0.2) is 182 Å². The first-order valence-corrected chi connectivity index (χ1v) is 20.4.